The number of aromatic nitrogens is 3. The Morgan fingerprint density at radius 2 is 2.06 bits per heavy atom. The van der Waals surface area contributed by atoms with Crippen molar-refractivity contribution in [2.24, 2.45) is 0 Å². The van der Waals surface area contributed by atoms with Crippen molar-refractivity contribution < 1.29 is 14.3 Å². The predicted octanol–water partition coefficient (Wildman–Crippen LogP) is 4.09. The number of hydrogen-bond donors (Lipinski definition) is 1. The molecule has 9 nitrogen and oxygen atoms in total. The molecule has 174 valence electrons. The van der Waals surface area contributed by atoms with Gasteiger partial charge in [0.25, 0.3) is 0 Å². The molecular formula is C23H27ClN6O3. The number of nitrogens with one attached hydrogen (secondary N) is 1. The van der Waals surface area contributed by atoms with Crippen molar-refractivity contribution in [3.63, 3.8) is 0 Å². The van der Waals surface area contributed by atoms with Crippen LogP contribution in [0.5, 0.6) is 0 Å². The zero-order valence-corrected chi connectivity index (χ0v) is 19.8. The Labute approximate surface area is 197 Å². The fourth-order valence-electron chi connectivity index (χ4n) is 4.02. The van der Waals surface area contributed by atoms with E-state index in [4.69, 9.17) is 16.3 Å². The lowest BCUT2D eigenvalue weighted by Gasteiger charge is -2.41. The van der Waals surface area contributed by atoms with Crippen molar-refractivity contribution in [1.82, 2.24) is 19.4 Å². The van der Waals surface area contributed by atoms with Crippen molar-refractivity contribution in [2.75, 3.05) is 29.9 Å². The van der Waals surface area contributed by atoms with Gasteiger partial charge in [-0.3, -0.25) is 9.36 Å². The summed E-state index contributed by atoms with van der Waals surface area (Å²) in [6.45, 7) is 9.15. The second-order valence-electron chi connectivity index (χ2n) is 9.02. The van der Waals surface area contributed by atoms with Crippen LogP contribution in [0.15, 0.2) is 36.8 Å². The quantitative estimate of drug-likeness (QED) is 0.577. The molecule has 2 amide bonds. The third kappa shape index (κ3) is 4.73. The summed E-state index contributed by atoms with van der Waals surface area (Å²) in [5.41, 5.74) is 1.51. The lowest BCUT2D eigenvalue weighted by atomic mass is 10.1. The molecule has 3 aromatic rings. The number of anilines is 2. The molecule has 2 aromatic heterocycles. The number of carbonyl (C=O) groups is 2. The molecular weight excluding hydrogens is 444 g/mol. The number of amides is 2. The van der Waals surface area contributed by atoms with Gasteiger partial charge in [-0.15, -0.1) is 0 Å². The smallest absolute Gasteiger partial charge is 0.410 e. The van der Waals surface area contributed by atoms with Gasteiger partial charge in [0.15, 0.2) is 5.65 Å². The number of carbonyl (C=O) groups excluding carboxylic acids is 2. The molecule has 0 saturated carbocycles. The van der Waals surface area contributed by atoms with Crippen LogP contribution in [0.3, 0.4) is 0 Å². The van der Waals surface area contributed by atoms with Gasteiger partial charge in [-0.2, -0.15) is 0 Å². The highest BCUT2D eigenvalue weighted by Crippen LogP contribution is 2.35. The molecule has 1 atom stereocenters. The number of rotatable bonds is 4. The highest BCUT2D eigenvalue weighted by atomic mass is 35.5. The minimum atomic E-state index is -0.547. The summed E-state index contributed by atoms with van der Waals surface area (Å²) in [4.78, 5) is 36.8. The first-order chi connectivity index (χ1) is 15.7. The number of nitrogens with zero attached hydrogens (tertiary/aromatic N) is 5. The minimum absolute atomic E-state index is 0.0250. The molecule has 0 bridgehead atoms. The molecule has 3 heterocycles. The van der Waals surface area contributed by atoms with Crippen LogP contribution in [0.25, 0.3) is 16.7 Å². The summed E-state index contributed by atoms with van der Waals surface area (Å²) in [5, 5.41) is 4.10. The largest absolute Gasteiger partial charge is 0.444 e. The third-order valence-electron chi connectivity index (χ3n) is 5.42. The average molecular weight is 471 g/mol. The standard InChI is InChI=1S/C23H27ClN6O3/c1-15-11-28(22(32)33-23(2,3)4)8-9-29(15)20-19-18(27-14-31)12-30(21(19)26-13-25-20)17-7-5-6-16(24)10-17/h5-7,10,12-15H,8-9,11H2,1-4H3,(H,27,31)/t15-/m0/s1. The van der Waals surface area contributed by atoms with E-state index in [0.717, 1.165) is 11.1 Å². The molecule has 0 aliphatic carbocycles. The van der Waals surface area contributed by atoms with Crippen LogP contribution in [-0.2, 0) is 9.53 Å². The van der Waals surface area contributed by atoms with Gasteiger partial charge in [-0.1, -0.05) is 17.7 Å². The Morgan fingerprint density at radius 1 is 1.27 bits per heavy atom. The van der Waals surface area contributed by atoms with E-state index < -0.39 is 5.60 Å². The first-order valence-corrected chi connectivity index (χ1v) is 11.1. The van der Waals surface area contributed by atoms with Crippen LogP contribution >= 0.6 is 11.6 Å². The van der Waals surface area contributed by atoms with Gasteiger partial charge >= 0.3 is 6.09 Å². The van der Waals surface area contributed by atoms with Crippen molar-refractivity contribution in [2.45, 2.75) is 39.3 Å². The lowest BCUT2D eigenvalue weighted by Crippen LogP contribution is -2.54. The Bertz CT molecular complexity index is 1190. The number of halogens is 1. The van der Waals surface area contributed by atoms with E-state index in [2.05, 4.69) is 20.2 Å². The molecule has 0 unspecified atom stereocenters. The van der Waals surface area contributed by atoms with Crippen LogP contribution in [0.1, 0.15) is 27.7 Å². The van der Waals surface area contributed by atoms with Crippen molar-refractivity contribution in [1.29, 1.82) is 0 Å². The predicted molar refractivity (Wildman–Crippen MR) is 128 cm³/mol. The fraction of sp³-hybridized carbons (Fsp3) is 0.391. The first-order valence-electron chi connectivity index (χ1n) is 10.7. The van der Waals surface area contributed by atoms with E-state index in [9.17, 15) is 9.59 Å². The van der Waals surface area contributed by atoms with Crippen molar-refractivity contribution >= 4 is 46.6 Å². The van der Waals surface area contributed by atoms with Gasteiger partial charge in [0, 0.05) is 42.6 Å². The van der Waals surface area contributed by atoms with Gasteiger partial charge < -0.3 is 19.9 Å². The maximum atomic E-state index is 12.5. The summed E-state index contributed by atoms with van der Waals surface area (Å²) in [5.74, 6) is 0.696. The topological polar surface area (TPSA) is 92.6 Å². The molecule has 1 fully saturated rings. The molecule has 10 heteroatoms. The minimum Gasteiger partial charge on any atom is -0.444 e. The molecule has 1 saturated heterocycles. The van der Waals surface area contributed by atoms with Crippen LogP contribution in [0.4, 0.5) is 16.3 Å². The maximum Gasteiger partial charge on any atom is 0.410 e. The Hall–Kier alpha value is -3.33. The van der Waals surface area contributed by atoms with Gasteiger partial charge in [0.2, 0.25) is 6.41 Å². The summed E-state index contributed by atoms with van der Waals surface area (Å²) in [7, 11) is 0. The van der Waals surface area contributed by atoms with Crippen LogP contribution < -0.4 is 10.2 Å². The van der Waals surface area contributed by atoms with Crippen LogP contribution in [0, 0.1) is 0 Å². The third-order valence-corrected chi connectivity index (χ3v) is 5.65. The molecule has 33 heavy (non-hydrogen) atoms. The zero-order chi connectivity index (χ0) is 23.8. The van der Waals surface area contributed by atoms with Gasteiger partial charge in [0.05, 0.1) is 11.1 Å². The SMILES string of the molecule is C[C@H]1CN(C(=O)OC(C)(C)C)CCN1c1ncnc2c1c(NC=O)cn2-c1cccc(Cl)c1. The average Bonchev–Trinajstić information content (AvgIpc) is 3.12. The Morgan fingerprint density at radius 3 is 2.73 bits per heavy atom. The van der Waals surface area contributed by atoms with Gasteiger partial charge in [0.1, 0.15) is 17.7 Å². The Balaban J connectivity index is 1.70. The van der Waals surface area contributed by atoms with Crippen molar-refractivity contribution in [3.05, 3.63) is 41.8 Å². The molecule has 1 aromatic carbocycles. The molecule has 1 aliphatic heterocycles. The van der Waals surface area contributed by atoms with E-state index >= 15 is 0 Å². The number of fused-ring (bicyclic) bond motifs is 1. The summed E-state index contributed by atoms with van der Waals surface area (Å²) in [6.07, 6.45) is 3.63. The van der Waals surface area contributed by atoms with E-state index in [-0.39, 0.29) is 12.1 Å². The fourth-order valence-corrected chi connectivity index (χ4v) is 4.21. The second kappa shape index (κ2) is 8.90. The normalized spacial score (nSPS) is 16.7. The maximum absolute atomic E-state index is 12.5. The van der Waals surface area contributed by atoms with Gasteiger partial charge in [-0.05, 0) is 45.9 Å². The van der Waals surface area contributed by atoms with Gasteiger partial charge in [-0.25, -0.2) is 14.8 Å². The molecule has 4 rings (SSSR count). The van der Waals surface area contributed by atoms with E-state index in [1.807, 2.05) is 56.7 Å². The molecule has 1 aliphatic rings. The van der Waals surface area contributed by atoms with E-state index in [0.29, 0.717) is 48.2 Å². The number of benzene rings is 1. The van der Waals surface area contributed by atoms with Crippen LogP contribution in [0.2, 0.25) is 5.02 Å². The van der Waals surface area contributed by atoms with Crippen molar-refractivity contribution in [3.8, 4) is 5.69 Å². The molecule has 1 N–H and O–H groups in total. The first kappa shape index (κ1) is 22.8. The number of hydrogen-bond acceptors (Lipinski definition) is 6. The Kier molecular flexibility index (Phi) is 6.16. The highest BCUT2D eigenvalue weighted by molar-refractivity contribution is 6.30. The number of piperazine rings is 1. The summed E-state index contributed by atoms with van der Waals surface area (Å²) < 4.78 is 7.40. The van der Waals surface area contributed by atoms with Crippen LogP contribution in [-0.4, -0.2) is 63.2 Å². The van der Waals surface area contributed by atoms with E-state index in [1.54, 1.807) is 11.0 Å². The highest BCUT2D eigenvalue weighted by Gasteiger charge is 2.32. The zero-order valence-electron chi connectivity index (χ0n) is 19.1. The number of ether oxygens (including phenoxy) is 1. The van der Waals surface area contributed by atoms with E-state index in [1.165, 1.54) is 6.33 Å². The summed E-state index contributed by atoms with van der Waals surface area (Å²) >= 11 is 6.20. The monoisotopic (exact) mass is 470 g/mol. The summed E-state index contributed by atoms with van der Waals surface area (Å²) in [6, 6.07) is 7.38. The lowest BCUT2D eigenvalue weighted by molar-refractivity contribution is -0.105. The molecule has 0 radical (unpaired) electrons. The molecule has 0 spiro atoms. The second-order valence-corrected chi connectivity index (χ2v) is 9.46.